The minimum Gasteiger partial charge on any atom is -0.497 e. The van der Waals surface area contributed by atoms with E-state index in [9.17, 15) is 9.59 Å². The van der Waals surface area contributed by atoms with Gasteiger partial charge in [-0.05, 0) is 55.5 Å². The van der Waals surface area contributed by atoms with Crippen LogP contribution < -0.4 is 14.8 Å². The maximum Gasteiger partial charge on any atom is 0.341 e. The van der Waals surface area contributed by atoms with Crippen LogP contribution in [0, 0.1) is 0 Å². The molecule has 0 saturated heterocycles. The van der Waals surface area contributed by atoms with Crippen LogP contribution in [-0.4, -0.2) is 46.6 Å². The molecule has 4 rings (SSSR count). The molecule has 9 nitrogen and oxygen atoms in total. The molecule has 0 bridgehead atoms. The first kappa shape index (κ1) is 26.7. The number of ether oxygens (including phenoxy) is 3. The largest absolute Gasteiger partial charge is 0.497 e. The van der Waals surface area contributed by atoms with Crippen molar-refractivity contribution in [2.45, 2.75) is 50.4 Å². The maximum atomic E-state index is 12.9. The Hall–Kier alpha value is -3.31. The van der Waals surface area contributed by atoms with Crippen LogP contribution in [0.2, 0.25) is 0 Å². The molecule has 0 saturated carbocycles. The van der Waals surface area contributed by atoms with Crippen molar-refractivity contribution in [1.82, 2.24) is 14.8 Å². The first-order valence-electron chi connectivity index (χ1n) is 12.0. The molecule has 1 amide bonds. The fourth-order valence-corrected chi connectivity index (χ4v) is 6.17. The number of nitrogens with zero attached hydrogens (tertiary/aromatic N) is 3. The number of benzene rings is 1. The van der Waals surface area contributed by atoms with E-state index in [-0.39, 0.29) is 18.3 Å². The molecule has 2 heterocycles. The summed E-state index contributed by atoms with van der Waals surface area (Å²) in [5.41, 5.74) is 1.51. The second-order valence-corrected chi connectivity index (χ2v) is 10.4. The van der Waals surface area contributed by atoms with Crippen LogP contribution in [0.15, 0.2) is 42.1 Å². The van der Waals surface area contributed by atoms with Gasteiger partial charge in [0, 0.05) is 11.4 Å². The van der Waals surface area contributed by atoms with E-state index in [4.69, 9.17) is 14.2 Å². The summed E-state index contributed by atoms with van der Waals surface area (Å²) in [5.74, 6) is 1.52. The highest BCUT2D eigenvalue weighted by molar-refractivity contribution is 7.99. The Labute approximate surface area is 224 Å². The van der Waals surface area contributed by atoms with E-state index in [1.54, 1.807) is 13.2 Å². The average Bonchev–Trinajstić information content (AvgIpc) is 3.37. The van der Waals surface area contributed by atoms with E-state index in [2.05, 4.69) is 22.1 Å². The van der Waals surface area contributed by atoms with Crippen LogP contribution in [0.1, 0.15) is 45.9 Å². The molecule has 1 aliphatic rings. The van der Waals surface area contributed by atoms with Gasteiger partial charge >= 0.3 is 5.97 Å². The smallest absolute Gasteiger partial charge is 0.341 e. The van der Waals surface area contributed by atoms with Gasteiger partial charge in [-0.15, -0.1) is 28.1 Å². The van der Waals surface area contributed by atoms with Crippen molar-refractivity contribution < 1.29 is 23.8 Å². The Morgan fingerprint density at radius 2 is 1.89 bits per heavy atom. The van der Waals surface area contributed by atoms with Gasteiger partial charge < -0.3 is 19.5 Å². The molecule has 1 aromatic carbocycles. The summed E-state index contributed by atoms with van der Waals surface area (Å²) in [6.45, 7) is 4.50. The molecule has 0 aliphatic heterocycles. The number of methoxy groups -OCH3 is 2. The van der Waals surface area contributed by atoms with Gasteiger partial charge in [0.1, 0.15) is 23.1 Å². The number of aryl methyl sites for hydroxylation is 1. The van der Waals surface area contributed by atoms with Crippen molar-refractivity contribution in [2.75, 3.05) is 25.3 Å². The first-order valence-corrected chi connectivity index (χ1v) is 13.8. The van der Waals surface area contributed by atoms with E-state index in [1.165, 1.54) is 30.2 Å². The van der Waals surface area contributed by atoms with E-state index >= 15 is 0 Å². The minimum atomic E-state index is -0.408. The zero-order valence-corrected chi connectivity index (χ0v) is 22.6. The molecule has 0 fully saturated rings. The number of hydrogen-bond acceptors (Lipinski definition) is 9. The second kappa shape index (κ2) is 12.8. The number of aromatic nitrogens is 3. The van der Waals surface area contributed by atoms with Gasteiger partial charge in [-0.2, -0.15) is 0 Å². The number of rotatable bonds is 11. The molecular formula is C26H30N4O5S2. The van der Waals surface area contributed by atoms with E-state index in [0.717, 1.165) is 48.3 Å². The lowest BCUT2D eigenvalue weighted by atomic mass is 10.1. The number of allylic oxidation sites excluding steroid dienone is 1. The number of nitrogens with one attached hydrogen (secondary N) is 1. The van der Waals surface area contributed by atoms with Crippen molar-refractivity contribution in [1.29, 1.82) is 0 Å². The zero-order chi connectivity index (χ0) is 26.2. The predicted octanol–water partition coefficient (Wildman–Crippen LogP) is 4.90. The third-order valence-electron chi connectivity index (χ3n) is 5.93. The van der Waals surface area contributed by atoms with Gasteiger partial charge in [0.2, 0.25) is 5.91 Å². The summed E-state index contributed by atoms with van der Waals surface area (Å²) in [5, 5.41) is 12.6. The predicted molar refractivity (Wildman–Crippen MR) is 144 cm³/mol. The monoisotopic (exact) mass is 542 g/mol. The lowest BCUT2D eigenvalue weighted by molar-refractivity contribution is -0.113. The quantitative estimate of drug-likeness (QED) is 0.158. The highest BCUT2D eigenvalue weighted by Gasteiger charge is 2.26. The van der Waals surface area contributed by atoms with Crippen molar-refractivity contribution in [3.05, 3.63) is 58.7 Å². The van der Waals surface area contributed by atoms with Gasteiger partial charge in [-0.3, -0.25) is 9.36 Å². The first-order chi connectivity index (χ1) is 18.0. The molecule has 0 spiro atoms. The van der Waals surface area contributed by atoms with Crippen LogP contribution in [0.5, 0.6) is 11.5 Å². The Morgan fingerprint density at radius 3 is 2.62 bits per heavy atom. The Morgan fingerprint density at radius 1 is 1.14 bits per heavy atom. The number of amides is 1. The number of esters is 1. The van der Waals surface area contributed by atoms with Crippen LogP contribution in [0.4, 0.5) is 5.00 Å². The Bertz CT molecular complexity index is 1250. The minimum absolute atomic E-state index is 0.109. The van der Waals surface area contributed by atoms with Gasteiger partial charge in [0.15, 0.2) is 11.0 Å². The fraction of sp³-hybridized carbons (Fsp3) is 0.385. The van der Waals surface area contributed by atoms with Crippen LogP contribution in [0.3, 0.4) is 0 Å². The molecule has 0 radical (unpaired) electrons. The van der Waals surface area contributed by atoms with Crippen molar-refractivity contribution in [2.24, 2.45) is 0 Å². The SMILES string of the molecule is C=CCn1c(COc2ccc(OC)cc2)nnc1SCC(=O)Nc1sc2c(c1C(=O)OC)CCCCC2. The van der Waals surface area contributed by atoms with E-state index < -0.39 is 5.97 Å². The summed E-state index contributed by atoms with van der Waals surface area (Å²) in [6.07, 6.45) is 6.74. The van der Waals surface area contributed by atoms with Crippen molar-refractivity contribution in [3.8, 4) is 11.5 Å². The van der Waals surface area contributed by atoms with Gasteiger partial charge in [0.25, 0.3) is 0 Å². The molecule has 196 valence electrons. The van der Waals surface area contributed by atoms with Crippen LogP contribution >= 0.6 is 23.1 Å². The molecule has 11 heteroatoms. The van der Waals surface area contributed by atoms with E-state index in [1.807, 2.05) is 28.8 Å². The van der Waals surface area contributed by atoms with Crippen LogP contribution in [0.25, 0.3) is 0 Å². The third kappa shape index (κ3) is 6.53. The van der Waals surface area contributed by atoms with Gasteiger partial charge in [-0.25, -0.2) is 4.79 Å². The molecule has 37 heavy (non-hydrogen) atoms. The second-order valence-electron chi connectivity index (χ2n) is 8.36. The standard InChI is InChI=1S/C26H30N4O5S2/c1-4-14-30-21(15-35-18-12-10-17(33-2)11-13-18)28-29-26(30)36-16-22(31)27-24-23(25(32)34-3)19-8-6-5-7-9-20(19)37-24/h4,10-13H,1,5-9,14-16H2,2-3H3,(H,27,31). The van der Waals surface area contributed by atoms with E-state index in [0.29, 0.717) is 33.8 Å². The Balaban J connectivity index is 1.41. The highest BCUT2D eigenvalue weighted by atomic mass is 32.2. The number of thioether (sulfide) groups is 1. The normalized spacial score (nSPS) is 12.8. The number of carbonyl (C=O) groups is 2. The third-order valence-corrected chi connectivity index (χ3v) is 8.10. The van der Waals surface area contributed by atoms with Gasteiger partial charge in [0.05, 0.1) is 25.5 Å². The number of fused-ring (bicyclic) bond motifs is 1. The number of anilines is 1. The molecule has 1 N–H and O–H groups in total. The lowest BCUT2D eigenvalue weighted by Gasteiger charge is -2.10. The summed E-state index contributed by atoms with van der Waals surface area (Å²) in [4.78, 5) is 26.6. The molecule has 0 atom stereocenters. The average molecular weight is 543 g/mol. The van der Waals surface area contributed by atoms with Crippen molar-refractivity contribution in [3.63, 3.8) is 0 Å². The number of carbonyl (C=O) groups excluding carboxylic acids is 2. The maximum absolute atomic E-state index is 12.9. The van der Waals surface area contributed by atoms with Crippen LogP contribution in [-0.2, 0) is 35.5 Å². The summed E-state index contributed by atoms with van der Waals surface area (Å²) in [7, 11) is 2.98. The molecule has 0 unspecified atom stereocenters. The topological polar surface area (TPSA) is 105 Å². The number of hydrogen-bond donors (Lipinski definition) is 1. The molecular weight excluding hydrogens is 512 g/mol. The van der Waals surface area contributed by atoms with Crippen molar-refractivity contribution >= 4 is 40.0 Å². The number of thiophene rings is 1. The molecule has 2 aromatic heterocycles. The molecule has 3 aromatic rings. The fourth-order valence-electron chi connectivity index (χ4n) is 4.11. The summed E-state index contributed by atoms with van der Waals surface area (Å²) < 4.78 is 17.9. The van der Waals surface area contributed by atoms with Gasteiger partial charge in [-0.1, -0.05) is 24.3 Å². The zero-order valence-electron chi connectivity index (χ0n) is 21.0. The summed E-state index contributed by atoms with van der Waals surface area (Å²) >= 11 is 2.74. The summed E-state index contributed by atoms with van der Waals surface area (Å²) in [6, 6.07) is 7.28. The highest BCUT2D eigenvalue weighted by Crippen LogP contribution is 2.38. The Kier molecular flexibility index (Phi) is 9.24. The molecule has 1 aliphatic carbocycles. The lowest BCUT2D eigenvalue weighted by Crippen LogP contribution is -2.17.